The number of rotatable bonds is 11. The van der Waals surface area contributed by atoms with E-state index in [1.54, 1.807) is 26.1 Å². The zero-order valence-corrected chi connectivity index (χ0v) is 17.2. The van der Waals surface area contributed by atoms with Gasteiger partial charge in [0, 0.05) is 27.2 Å². The summed E-state index contributed by atoms with van der Waals surface area (Å²) in [5, 5.41) is 6.28. The third-order valence-corrected chi connectivity index (χ3v) is 3.86. The van der Waals surface area contributed by atoms with Crippen molar-refractivity contribution in [3.63, 3.8) is 0 Å². The maximum atomic E-state index is 11.8. The Balaban J connectivity index is 2.53. The van der Waals surface area contributed by atoms with Crippen LogP contribution in [0.4, 0.5) is 0 Å². The lowest BCUT2D eigenvalue weighted by Gasteiger charge is -2.15. The van der Waals surface area contributed by atoms with E-state index in [4.69, 9.17) is 9.47 Å². The highest BCUT2D eigenvalue weighted by Crippen LogP contribution is 2.11. The lowest BCUT2D eigenvalue weighted by Crippen LogP contribution is -2.43. The quantitative estimate of drug-likeness (QED) is 0.349. The van der Waals surface area contributed by atoms with E-state index in [0.29, 0.717) is 31.6 Å². The van der Waals surface area contributed by atoms with Crippen molar-refractivity contribution < 1.29 is 14.3 Å². The normalized spacial score (nSPS) is 11.4. The molecule has 0 unspecified atom stereocenters. The van der Waals surface area contributed by atoms with Gasteiger partial charge < -0.3 is 25.0 Å². The van der Waals surface area contributed by atoms with E-state index >= 15 is 0 Å². The number of carbonyl (C=O) groups excluding carboxylic acids is 1. The fourth-order valence-electron chi connectivity index (χ4n) is 2.06. The summed E-state index contributed by atoms with van der Waals surface area (Å²) in [6.45, 7) is 7.03. The minimum absolute atomic E-state index is 0.0119. The number of methoxy groups -OCH3 is 1. The van der Waals surface area contributed by atoms with Gasteiger partial charge in [-0.3, -0.25) is 4.79 Å². The zero-order chi connectivity index (χ0) is 20.1. The Morgan fingerprint density at radius 1 is 1.15 bits per heavy atom. The number of amides is 1. The summed E-state index contributed by atoms with van der Waals surface area (Å²) in [7, 11) is 5.10. The van der Waals surface area contributed by atoms with Crippen LogP contribution in [0, 0.1) is 5.92 Å². The van der Waals surface area contributed by atoms with E-state index in [2.05, 4.69) is 29.5 Å². The first-order chi connectivity index (χ1) is 12.9. The molecule has 0 saturated carbocycles. The van der Waals surface area contributed by atoms with Crippen molar-refractivity contribution in [2.75, 3.05) is 47.5 Å². The zero-order valence-electron chi connectivity index (χ0n) is 17.2. The molecule has 7 nitrogen and oxygen atoms in total. The third-order valence-electron chi connectivity index (χ3n) is 3.86. The first-order valence-electron chi connectivity index (χ1n) is 9.35. The number of nitrogens with zero attached hydrogens (tertiary/aromatic N) is 2. The smallest absolute Gasteiger partial charge is 0.241 e. The summed E-state index contributed by atoms with van der Waals surface area (Å²) in [6.07, 6.45) is 1.05. The van der Waals surface area contributed by atoms with Crippen molar-refractivity contribution in [3.8, 4) is 5.75 Å². The first-order valence-corrected chi connectivity index (χ1v) is 9.35. The molecule has 0 atom stereocenters. The predicted octanol–water partition coefficient (Wildman–Crippen LogP) is 1.88. The largest absolute Gasteiger partial charge is 0.497 e. The molecule has 0 heterocycles. The summed E-state index contributed by atoms with van der Waals surface area (Å²) < 4.78 is 10.8. The van der Waals surface area contributed by atoms with Crippen LogP contribution in [0.3, 0.4) is 0 Å². The Labute approximate surface area is 163 Å². The Morgan fingerprint density at radius 2 is 1.85 bits per heavy atom. The van der Waals surface area contributed by atoms with Gasteiger partial charge in [0.1, 0.15) is 5.75 Å². The number of hydrogen-bond donors (Lipinski definition) is 2. The number of benzene rings is 1. The SMILES string of the molecule is COc1ccc(CN=C(NCCOCCC(C)C)NCC(=O)N(C)C)cc1. The molecule has 0 aromatic heterocycles. The molecular weight excluding hydrogens is 344 g/mol. The molecular formula is C20H34N4O3. The third kappa shape index (κ3) is 10.5. The number of guanidine groups is 1. The number of ether oxygens (including phenoxy) is 2. The Morgan fingerprint density at radius 3 is 2.44 bits per heavy atom. The molecule has 0 bridgehead atoms. The molecule has 0 saturated heterocycles. The molecule has 1 amide bonds. The predicted molar refractivity (Wildman–Crippen MR) is 109 cm³/mol. The van der Waals surface area contributed by atoms with Gasteiger partial charge in [-0.25, -0.2) is 4.99 Å². The van der Waals surface area contributed by atoms with Crippen LogP contribution in [0.2, 0.25) is 0 Å². The van der Waals surface area contributed by atoms with E-state index in [1.165, 1.54) is 0 Å². The minimum atomic E-state index is -0.0119. The van der Waals surface area contributed by atoms with Gasteiger partial charge in [-0.2, -0.15) is 0 Å². The number of nitrogens with one attached hydrogen (secondary N) is 2. The molecule has 27 heavy (non-hydrogen) atoms. The summed E-state index contributed by atoms with van der Waals surface area (Å²) in [6, 6.07) is 7.76. The molecule has 1 aromatic rings. The molecule has 1 rings (SSSR count). The van der Waals surface area contributed by atoms with Crippen LogP contribution >= 0.6 is 0 Å². The van der Waals surface area contributed by atoms with Crippen molar-refractivity contribution in [1.29, 1.82) is 0 Å². The Hall–Kier alpha value is -2.28. The minimum Gasteiger partial charge on any atom is -0.497 e. The van der Waals surface area contributed by atoms with Gasteiger partial charge in [0.05, 0.1) is 26.8 Å². The number of carbonyl (C=O) groups is 1. The number of aliphatic imine (C=N–C) groups is 1. The second-order valence-corrected chi connectivity index (χ2v) is 6.88. The van der Waals surface area contributed by atoms with Crippen LogP contribution in [0.5, 0.6) is 5.75 Å². The Bertz CT molecular complexity index is 571. The summed E-state index contributed by atoms with van der Waals surface area (Å²) >= 11 is 0. The molecule has 0 radical (unpaired) electrons. The second kappa shape index (κ2) is 13.0. The van der Waals surface area contributed by atoms with Gasteiger partial charge in [0.15, 0.2) is 5.96 Å². The lowest BCUT2D eigenvalue weighted by atomic mass is 10.1. The fourth-order valence-corrected chi connectivity index (χ4v) is 2.06. The highest BCUT2D eigenvalue weighted by Gasteiger charge is 2.06. The number of hydrogen-bond acceptors (Lipinski definition) is 4. The van der Waals surface area contributed by atoms with Gasteiger partial charge in [0.2, 0.25) is 5.91 Å². The van der Waals surface area contributed by atoms with Crippen LogP contribution in [-0.4, -0.2) is 64.3 Å². The van der Waals surface area contributed by atoms with Crippen LogP contribution < -0.4 is 15.4 Å². The van der Waals surface area contributed by atoms with Gasteiger partial charge in [-0.1, -0.05) is 26.0 Å². The average molecular weight is 379 g/mol. The monoisotopic (exact) mass is 378 g/mol. The van der Waals surface area contributed by atoms with E-state index in [1.807, 2.05) is 24.3 Å². The molecule has 7 heteroatoms. The number of likely N-dealkylation sites (N-methyl/N-ethyl adjacent to an activating group) is 1. The highest BCUT2D eigenvalue weighted by atomic mass is 16.5. The Kier molecular flexibility index (Phi) is 10.9. The van der Waals surface area contributed by atoms with Gasteiger partial charge in [0.25, 0.3) is 0 Å². The highest BCUT2D eigenvalue weighted by molar-refractivity contribution is 5.86. The van der Waals surface area contributed by atoms with E-state index < -0.39 is 0 Å². The summed E-state index contributed by atoms with van der Waals surface area (Å²) in [4.78, 5) is 17.9. The summed E-state index contributed by atoms with van der Waals surface area (Å²) in [5.74, 6) is 2.03. The molecule has 0 spiro atoms. The lowest BCUT2D eigenvalue weighted by molar-refractivity contribution is -0.127. The standard InChI is InChI=1S/C20H34N4O3/c1-16(2)10-12-27-13-11-21-20(23-15-19(25)24(3)4)22-14-17-6-8-18(26-5)9-7-17/h6-9,16H,10-15H2,1-5H3,(H2,21,22,23). The average Bonchev–Trinajstić information content (AvgIpc) is 2.65. The second-order valence-electron chi connectivity index (χ2n) is 6.88. The first kappa shape index (κ1) is 22.8. The van der Waals surface area contributed by atoms with Crippen molar-refractivity contribution in [1.82, 2.24) is 15.5 Å². The van der Waals surface area contributed by atoms with Crippen LogP contribution in [-0.2, 0) is 16.1 Å². The molecule has 152 valence electrons. The van der Waals surface area contributed by atoms with Crippen molar-refractivity contribution in [3.05, 3.63) is 29.8 Å². The van der Waals surface area contributed by atoms with Gasteiger partial charge in [-0.15, -0.1) is 0 Å². The molecule has 0 aliphatic carbocycles. The van der Waals surface area contributed by atoms with Crippen LogP contribution in [0.1, 0.15) is 25.8 Å². The van der Waals surface area contributed by atoms with Crippen molar-refractivity contribution in [2.24, 2.45) is 10.9 Å². The molecule has 0 fully saturated rings. The van der Waals surface area contributed by atoms with Gasteiger partial charge >= 0.3 is 0 Å². The molecule has 1 aromatic carbocycles. The van der Waals surface area contributed by atoms with E-state index in [9.17, 15) is 4.79 Å². The molecule has 0 aliphatic rings. The van der Waals surface area contributed by atoms with E-state index in [-0.39, 0.29) is 12.5 Å². The van der Waals surface area contributed by atoms with Crippen LogP contribution in [0.15, 0.2) is 29.3 Å². The molecule has 0 aliphatic heterocycles. The van der Waals surface area contributed by atoms with Crippen molar-refractivity contribution >= 4 is 11.9 Å². The topological polar surface area (TPSA) is 75.2 Å². The molecule has 2 N–H and O–H groups in total. The van der Waals surface area contributed by atoms with E-state index in [0.717, 1.165) is 24.3 Å². The van der Waals surface area contributed by atoms with Crippen LogP contribution in [0.25, 0.3) is 0 Å². The maximum absolute atomic E-state index is 11.8. The fraction of sp³-hybridized carbons (Fsp3) is 0.600. The maximum Gasteiger partial charge on any atom is 0.241 e. The van der Waals surface area contributed by atoms with Crippen molar-refractivity contribution in [2.45, 2.75) is 26.8 Å². The van der Waals surface area contributed by atoms with Gasteiger partial charge in [-0.05, 0) is 30.0 Å². The summed E-state index contributed by atoms with van der Waals surface area (Å²) in [5.41, 5.74) is 1.06.